The average Bonchev–Trinajstić information content (AvgIpc) is 2.53. The smallest absolute Gasteiger partial charge is 0.252 e. The Labute approximate surface area is 76.5 Å². The van der Waals surface area contributed by atoms with Crippen LogP contribution in [0.3, 0.4) is 0 Å². The lowest BCUT2D eigenvalue weighted by Crippen LogP contribution is -2.21. The summed E-state index contributed by atoms with van der Waals surface area (Å²) in [6.07, 6.45) is 4.70. The Morgan fingerprint density at radius 2 is 1.92 bits per heavy atom. The van der Waals surface area contributed by atoms with Gasteiger partial charge in [-0.2, -0.15) is 0 Å². The van der Waals surface area contributed by atoms with Gasteiger partial charge in [-0.25, -0.2) is 9.30 Å². The van der Waals surface area contributed by atoms with Crippen LogP contribution in [0, 0.1) is 12.1 Å². The van der Waals surface area contributed by atoms with Crippen molar-refractivity contribution in [2.24, 2.45) is 0 Å². The van der Waals surface area contributed by atoms with E-state index >= 15 is 0 Å². The molecule has 0 radical (unpaired) electrons. The normalized spacial score (nSPS) is 10.2. The molecule has 2 aromatic rings. The van der Waals surface area contributed by atoms with Gasteiger partial charge in [-0.05, 0) is 19.1 Å². The van der Waals surface area contributed by atoms with E-state index in [0.717, 1.165) is 10.4 Å². The van der Waals surface area contributed by atoms with Gasteiger partial charge in [0.15, 0.2) is 0 Å². The van der Waals surface area contributed by atoms with Crippen LogP contribution in [0.15, 0.2) is 43.0 Å². The Morgan fingerprint density at radius 1 is 1.23 bits per heavy atom. The summed E-state index contributed by atoms with van der Waals surface area (Å²) in [4.78, 5) is 0. The van der Waals surface area contributed by atoms with Gasteiger partial charge in [0.1, 0.15) is 18.1 Å². The molecule has 0 amide bonds. The van der Waals surface area contributed by atoms with E-state index in [1.165, 1.54) is 18.1 Å². The van der Waals surface area contributed by atoms with Crippen LogP contribution in [0.5, 0.6) is 0 Å². The lowest BCUT2D eigenvalue weighted by atomic mass is 10.2. The molecule has 3 nitrogen and oxygen atoms in total. The van der Waals surface area contributed by atoms with Crippen LogP contribution in [0.25, 0.3) is 5.69 Å². The van der Waals surface area contributed by atoms with Crippen LogP contribution < -0.4 is 4.73 Å². The zero-order valence-corrected chi connectivity index (χ0v) is 7.34. The minimum absolute atomic E-state index is 0.778. The van der Waals surface area contributed by atoms with Gasteiger partial charge in [-0.1, -0.05) is 17.7 Å². The SMILES string of the molecule is Cc1ccc(-n2cc[n+]([O-])c2)cc1. The molecule has 0 N–H and O–H groups in total. The first-order valence-electron chi connectivity index (χ1n) is 4.09. The van der Waals surface area contributed by atoms with Crippen molar-refractivity contribution in [3.63, 3.8) is 0 Å². The number of hydrogen-bond acceptors (Lipinski definition) is 1. The Bertz CT molecular complexity index is 403. The minimum atomic E-state index is 0.778. The summed E-state index contributed by atoms with van der Waals surface area (Å²) >= 11 is 0. The molecule has 0 aliphatic carbocycles. The van der Waals surface area contributed by atoms with E-state index in [9.17, 15) is 5.21 Å². The van der Waals surface area contributed by atoms with Crippen LogP contribution in [0.1, 0.15) is 5.56 Å². The predicted octanol–water partition coefficient (Wildman–Crippen LogP) is 1.42. The quantitative estimate of drug-likeness (QED) is 0.475. The number of aryl methyl sites for hydroxylation is 1. The molecule has 0 unspecified atom stereocenters. The molecule has 1 aromatic heterocycles. The minimum Gasteiger partial charge on any atom is -0.711 e. The second-order valence-electron chi connectivity index (χ2n) is 3.02. The van der Waals surface area contributed by atoms with Crippen LogP contribution in [0.4, 0.5) is 0 Å². The van der Waals surface area contributed by atoms with E-state index in [4.69, 9.17) is 0 Å². The summed E-state index contributed by atoms with van der Waals surface area (Å²) < 4.78 is 2.56. The molecule has 0 fully saturated rings. The van der Waals surface area contributed by atoms with Gasteiger partial charge in [0.25, 0.3) is 6.33 Å². The maximum Gasteiger partial charge on any atom is 0.252 e. The maximum atomic E-state index is 10.8. The molecule has 0 bridgehead atoms. The molecule has 13 heavy (non-hydrogen) atoms. The van der Waals surface area contributed by atoms with Crippen molar-refractivity contribution in [3.05, 3.63) is 53.8 Å². The number of nitrogens with zero attached hydrogens (tertiary/aromatic N) is 2. The van der Waals surface area contributed by atoms with Crippen molar-refractivity contribution >= 4 is 0 Å². The number of hydrogen-bond donors (Lipinski definition) is 0. The molecule has 1 aromatic carbocycles. The van der Waals surface area contributed by atoms with Crippen molar-refractivity contribution in [2.75, 3.05) is 0 Å². The van der Waals surface area contributed by atoms with Crippen molar-refractivity contribution in [1.82, 2.24) is 4.57 Å². The van der Waals surface area contributed by atoms with Gasteiger partial charge < -0.3 is 5.21 Å². The molecule has 0 atom stereocenters. The Balaban J connectivity index is 2.41. The fourth-order valence-corrected chi connectivity index (χ4v) is 1.21. The van der Waals surface area contributed by atoms with Gasteiger partial charge in [-0.15, -0.1) is 0 Å². The Kier molecular flexibility index (Phi) is 1.77. The molecule has 1 heterocycles. The van der Waals surface area contributed by atoms with Crippen LogP contribution >= 0.6 is 0 Å². The number of benzene rings is 1. The van der Waals surface area contributed by atoms with Crippen molar-refractivity contribution < 1.29 is 4.73 Å². The molecule has 0 aliphatic rings. The van der Waals surface area contributed by atoms with E-state index in [-0.39, 0.29) is 0 Å². The van der Waals surface area contributed by atoms with E-state index in [1.807, 2.05) is 31.2 Å². The first-order chi connectivity index (χ1) is 6.25. The van der Waals surface area contributed by atoms with Crippen molar-refractivity contribution in [1.29, 1.82) is 0 Å². The largest absolute Gasteiger partial charge is 0.711 e. The molecule has 0 saturated heterocycles. The Morgan fingerprint density at radius 3 is 2.46 bits per heavy atom. The highest BCUT2D eigenvalue weighted by Crippen LogP contribution is 2.07. The summed E-state index contributed by atoms with van der Waals surface area (Å²) in [7, 11) is 0. The van der Waals surface area contributed by atoms with Gasteiger partial charge in [-0.3, -0.25) is 0 Å². The topological polar surface area (TPSA) is 31.9 Å². The molecule has 3 heteroatoms. The van der Waals surface area contributed by atoms with Gasteiger partial charge in [0, 0.05) is 0 Å². The van der Waals surface area contributed by atoms with E-state index < -0.39 is 0 Å². The lowest BCUT2D eigenvalue weighted by molar-refractivity contribution is -0.604. The zero-order valence-electron chi connectivity index (χ0n) is 7.34. The van der Waals surface area contributed by atoms with Crippen molar-refractivity contribution in [2.45, 2.75) is 6.92 Å². The maximum absolute atomic E-state index is 10.8. The summed E-state index contributed by atoms with van der Waals surface area (Å²) in [6, 6.07) is 8.00. The van der Waals surface area contributed by atoms with Crippen LogP contribution in [0.2, 0.25) is 0 Å². The second kappa shape index (κ2) is 2.94. The third kappa shape index (κ3) is 1.54. The zero-order chi connectivity index (χ0) is 9.26. The average molecular weight is 174 g/mol. The first kappa shape index (κ1) is 7.86. The molecular weight excluding hydrogens is 164 g/mol. The van der Waals surface area contributed by atoms with E-state index in [1.54, 1.807) is 10.8 Å². The molecular formula is C10H10N2O. The monoisotopic (exact) mass is 174 g/mol. The van der Waals surface area contributed by atoms with Gasteiger partial charge in [0.2, 0.25) is 0 Å². The lowest BCUT2D eigenvalue weighted by Gasteiger charge is -1.96. The van der Waals surface area contributed by atoms with Gasteiger partial charge in [0.05, 0.1) is 0 Å². The van der Waals surface area contributed by atoms with Gasteiger partial charge >= 0.3 is 0 Å². The predicted molar refractivity (Wildman–Crippen MR) is 49.5 cm³/mol. The number of aromatic nitrogens is 2. The number of imidazole rings is 1. The Hall–Kier alpha value is -1.77. The van der Waals surface area contributed by atoms with E-state index in [2.05, 4.69) is 0 Å². The first-order valence-corrected chi connectivity index (χ1v) is 4.09. The molecule has 66 valence electrons. The summed E-state index contributed by atoms with van der Waals surface area (Å²) in [5.41, 5.74) is 2.21. The van der Waals surface area contributed by atoms with Crippen LogP contribution in [-0.4, -0.2) is 4.57 Å². The fraction of sp³-hybridized carbons (Fsp3) is 0.100. The number of rotatable bonds is 1. The highest BCUT2D eigenvalue weighted by molar-refractivity contribution is 5.33. The molecule has 0 saturated carbocycles. The summed E-state index contributed by atoms with van der Waals surface area (Å²) in [5, 5.41) is 10.8. The van der Waals surface area contributed by atoms with Crippen LogP contribution in [-0.2, 0) is 0 Å². The molecule has 2 rings (SSSR count). The van der Waals surface area contributed by atoms with E-state index in [0.29, 0.717) is 0 Å². The second-order valence-corrected chi connectivity index (χ2v) is 3.02. The summed E-state index contributed by atoms with van der Waals surface area (Å²) in [6.45, 7) is 2.03. The fourth-order valence-electron chi connectivity index (χ4n) is 1.21. The molecule has 0 spiro atoms. The molecule has 0 aliphatic heterocycles. The summed E-state index contributed by atoms with van der Waals surface area (Å²) in [5.74, 6) is 0. The van der Waals surface area contributed by atoms with Crippen molar-refractivity contribution in [3.8, 4) is 5.69 Å². The third-order valence-electron chi connectivity index (χ3n) is 1.94. The third-order valence-corrected chi connectivity index (χ3v) is 1.94. The highest BCUT2D eigenvalue weighted by atomic mass is 16.5. The standard InChI is InChI=1S/C10H10N2O/c1-9-2-4-10(5-3-9)11-6-7-12(13)8-11/h2-8H,1H3. The highest BCUT2D eigenvalue weighted by Gasteiger charge is 2.00.